The molecule has 0 radical (unpaired) electrons. The standard InChI is InChI=1S/C18H16IN5O2/c19-12-2-1-3-13(8-12)22-16-14-9-15(23-17(14)21-10-20-16)11-4-6-24(7-5-11)18(25)26/h1-4,8-10H,5-7H2,(H,25,26)(H2,20,21,22,23). The Bertz CT molecular complexity index is 1010. The van der Waals surface area contributed by atoms with Crippen LogP contribution in [-0.4, -0.2) is 44.1 Å². The summed E-state index contributed by atoms with van der Waals surface area (Å²) in [4.78, 5) is 24.5. The van der Waals surface area contributed by atoms with Crippen molar-refractivity contribution in [3.8, 4) is 0 Å². The van der Waals surface area contributed by atoms with Gasteiger partial charge in [0.05, 0.1) is 5.39 Å². The first kappa shape index (κ1) is 16.8. The quantitative estimate of drug-likeness (QED) is 0.512. The van der Waals surface area contributed by atoms with Crippen LogP contribution in [0.4, 0.5) is 16.3 Å². The summed E-state index contributed by atoms with van der Waals surface area (Å²) >= 11 is 2.27. The fraction of sp³-hybridized carbons (Fsp3) is 0.167. The van der Waals surface area contributed by atoms with Crippen molar-refractivity contribution in [1.82, 2.24) is 19.9 Å². The Morgan fingerprint density at radius 2 is 2.19 bits per heavy atom. The molecule has 0 bridgehead atoms. The van der Waals surface area contributed by atoms with Crippen LogP contribution in [0.3, 0.4) is 0 Å². The van der Waals surface area contributed by atoms with Gasteiger partial charge in [-0.15, -0.1) is 0 Å². The van der Waals surface area contributed by atoms with E-state index in [9.17, 15) is 4.79 Å². The van der Waals surface area contributed by atoms with Gasteiger partial charge in [-0.2, -0.15) is 0 Å². The van der Waals surface area contributed by atoms with Crippen molar-refractivity contribution in [1.29, 1.82) is 0 Å². The Hall–Kier alpha value is -2.62. The van der Waals surface area contributed by atoms with Crippen molar-refractivity contribution in [3.63, 3.8) is 0 Å². The number of H-pyrrole nitrogens is 1. The molecule has 7 nitrogen and oxygen atoms in total. The third kappa shape index (κ3) is 3.36. The molecule has 0 spiro atoms. The molecular formula is C18H16IN5O2. The maximum Gasteiger partial charge on any atom is 0.407 e. The summed E-state index contributed by atoms with van der Waals surface area (Å²) in [7, 11) is 0. The highest BCUT2D eigenvalue weighted by Gasteiger charge is 2.18. The van der Waals surface area contributed by atoms with Crippen LogP contribution in [0.2, 0.25) is 0 Å². The van der Waals surface area contributed by atoms with E-state index >= 15 is 0 Å². The molecule has 4 rings (SSSR count). The van der Waals surface area contributed by atoms with Crippen LogP contribution < -0.4 is 5.32 Å². The van der Waals surface area contributed by atoms with Crippen LogP contribution in [0.25, 0.3) is 16.6 Å². The first-order chi connectivity index (χ1) is 12.6. The Kier molecular flexibility index (Phi) is 4.49. The lowest BCUT2D eigenvalue weighted by atomic mass is 10.1. The van der Waals surface area contributed by atoms with Gasteiger partial charge in [-0.25, -0.2) is 14.8 Å². The van der Waals surface area contributed by atoms with Crippen LogP contribution >= 0.6 is 22.6 Å². The Balaban J connectivity index is 1.65. The molecular weight excluding hydrogens is 445 g/mol. The predicted octanol–water partition coefficient (Wildman–Crippen LogP) is 4.07. The molecule has 8 heteroatoms. The fourth-order valence-electron chi connectivity index (χ4n) is 3.00. The Morgan fingerprint density at radius 1 is 1.31 bits per heavy atom. The zero-order valence-electron chi connectivity index (χ0n) is 13.7. The normalized spacial score (nSPS) is 14.3. The first-order valence-corrected chi connectivity index (χ1v) is 9.21. The van der Waals surface area contributed by atoms with E-state index in [4.69, 9.17) is 5.11 Å². The van der Waals surface area contributed by atoms with E-state index in [1.54, 1.807) is 0 Å². The number of rotatable bonds is 3. The number of carboxylic acid groups (broad SMARTS) is 1. The molecule has 0 unspecified atom stereocenters. The number of aromatic amines is 1. The smallest absolute Gasteiger partial charge is 0.407 e. The fourth-order valence-corrected chi connectivity index (χ4v) is 3.55. The maximum absolute atomic E-state index is 11.0. The molecule has 0 saturated carbocycles. The van der Waals surface area contributed by atoms with Gasteiger partial charge in [-0.3, -0.25) is 0 Å². The van der Waals surface area contributed by atoms with E-state index in [-0.39, 0.29) is 0 Å². The second kappa shape index (κ2) is 6.94. The van der Waals surface area contributed by atoms with Crippen molar-refractivity contribution < 1.29 is 9.90 Å². The second-order valence-corrected chi connectivity index (χ2v) is 7.26. The van der Waals surface area contributed by atoms with Gasteiger partial charge in [0.25, 0.3) is 0 Å². The number of nitrogens with zero attached hydrogens (tertiary/aromatic N) is 3. The second-order valence-electron chi connectivity index (χ2n) is 6.01. The van der Waals surface area contributed by atoms with Crippen molar-refractivity contribution >= 4 is 56.8 Å². The topological polar surface area (TPSA) is 94.1 Å². The van der Waals surface area contributed by atoms with E-state index in [1.165, 1.54) is 11.2 Å². The van der Waals surface area contributed by atoms with Crippen LogP contribution in [0.1, 0.15) is 12.1 Å². The van der Waals surface area contributed by atoms with E-state index in [0.717, 1.165) is 37.4 Å². The molecule has 3 N–H and O–H groups in total. The number of hydrogen-bond donors (Lipinski definition) is 3. The molecule has 26 heavy (non-hydrogen) atoms. The molecule has 1 aromatic carbocycles. The van der Waals surface area contributed by atoms with Crippen molar-refractivity contribution in [3.05, 3.63) is 52.0 Å². The number of halogens is 1. The van der Waals surface area contributed by atoms with E-state index in [0.29, 0.717) is 19.5 Å². The molecule has 2 aromatic heterocycles. The number of aromatic nitrogens is 3. The summed E-state index contributed by atoms with van der Waals surface area (Å²) in [5.74, 6) is 0.739. The lowest BCUT2D eigenvalue weighted by Crippen LogP contribution is -2.33. The van der Waals surface area contributed by atoms with E-state index < -0.39 is 6.09 Å². The first-order valence-electron chi connectivity index (χ1n) is 8.14. The van der Waals surface area contributed by atoms with Gasteiger partial charge in [0.15, 0.2) is 0 Å². The number of benzene rings is 1. The van der Waals surface area contributed by atoms with Gasteiger partial charge in [-0.1, -0.05) is 12.1 Å². The largest absolute Gasteiger partial charge is 0.465 e. The highest BCUT2D eigenvalue weighted by atomic mass is 127. The number of hydrogen-bond acceptors (Lipinski definition) is 4. The summed E-state index contributed by atoms with van der Waals surface area (Å²) < 4.78 is 1.14. The highest BCUT2D eigenvalue weighted by molar-refractivity contribution is 14.1. The van der Waals surface area contributed by atoms with Crippen molar-refractivity contribution in [2.24, 2.45) is 0 Å². The molecule has 1 aliphatic rings. The van der Waals surface area contributed by atoms with Gasteiger partial charge < -0.3 is 20.3 Å². The summed E-state index contributed by atoms with van der Waals surface area (Å²) in [6.07, 6.45) is 3.27. The van der Waals surface area contributed by atoms with Gasteiger partial charge in [-0.05, 0) is 58.9 Å². The van der Waals surface area contributed by atoms with E-state index in [2.05, 4.69) is 42.9 Å². The average molecular weight is 461 g/mol. The van der Waals surface area contributed by atoms with Gasteiger partial charge in [0.2, 0.25) is 0 Å². The molecule has 0 saturated heterocycles. The van der Waals surface area contributed by atoms with Crippen LogP contribution in [0.5, 0.6) is 0 Å². The SMILES string of the molecule is O=C(O)N1CC=C(c2cc3c(Nc4cccc(I)c4)ncnc3[nH]2)CC1. The van der Waals surface area contributed by atoms with Crippen molar-refractivity contribution in [2.45, 2.75) is 6.42 Å². The Morgan fingerprint density at radius 3 is 2.92 bits per heavy atom. The number of anilines is 2. The lowest BCUT2D eigenvalue weighted by molar-refractivity contribution is 0.150. The van der Waals surface area contributed by atoms with Gasteiger partial charge in [0.1, 0.15) is 17.8 Å². The summed E-state index contributed by atoms with van der Waals surface area (Å²) in [6, 6.07) is 10.1. The van der Waals surface area contributed by atoms with Crippen molar-refractivity contribution in [2.75, 3.05) is 18.4 Å². The molecule has 1 amide bonds. The maximum atomic E-state index is 11.0. The molecule has 132 valence electrons. The zero-order chi connectivity index (χ0) is 18.1. The summed E-state index contributed by atoms with van der Waals surface area (Å²) in [6.45, 7) is 0.898. The summed E-state index contributed by atoms with van der Waals surface area (Å²) in [5.41, 5.74) is 3.77. The predicted molar refractivity (Wildman–Crippen MR) is 109 cm³/mol. The molecule has 3 aromatic rings. The zero-order valence-corrected chi connectivity index (χ0v) is 15.9. The minimum Gasteiger partial charge on any atom is -0.465 e. The summed E-state index contributed by atoms with van der Waals surface area (Å²) in [5, 5.41) is 13.3. The van der Waals surface area contributed by atoms with Gasteiger partial charge >= 0.3 is 6.09 Å². The molecule has 3 heterocycles. The van der Waals surface area contributed by atoms with E-state index in [1.807, 2.05) is 36.4 Å². The molecule has 0 aliphatic carbocycles. The third-order valence-corrected chi connectivity index (χ3v) is 5.01. The minimum atomic E-state index is -0.883. The molecule has 1 aliphatic heterocycles. The van der Waals surface area contributed by atoms with Crippen LogP contribution in [0, 0.1) is 3.57 Å². The third-order valence-electron chi connectivity index (χ3n) is 4.34. The number of nitrogens with one attached hydrogen (secondary N) is 2. The van der Waals surface area contributed by atoms with Crippen LogP contribution in [0.15, 0.2) is 42.7 Å². The molecule has 0 fully saturated rings. The lowest BCUT2D eigenvalue weighted by Gasteiger charge is -2.23. The van der Waals surface area contributed by atoms with Gasteiger partial charge in [0, 0.05) is 28.0 Å². The minimum absolute atomic E-state index is 0.402. The molecule has 0 atom stereocenters. The number of amides is 1. The monoisotopic (exact) mass is 461 g/mol. The highest BCUT2D eigenvalue weighted by Crippen LogP contribution is 2.29. The van der Waals surface area contributed by atoms with Crippen LogP contribution in [-0.2, 0) is 0 Å². The Labute approximate surface area is 163 Å². The number of carbonyl (C=O) groups is 1. The average Bonchev–Trinajstić information content (AvgIpc) is 3.07. The number of fused-ring (bicyclic) bond motifs is 1.